The molecule has 1 aromatic carbocycles. The van der Waals surface area contributed by atoms with Crippen LogP contribution in [0.5, 0.6) is 0 Å². The fourth-order valence-corrected chi connectivity index (χ4v) is 3.20. The Morgan fingerprint density at radius 1 is 1.38 bits per heavy atom. The highest BCUT2D eigenvalue weighted by Crippen LogP contribution is 2.16. The largest absolute Gasteiger partial charge is 0.385 e. The summed E-state index contributed by atoms with van der Waals surface area (Å²) in [5.41, 5.74) is 0.886. The summed E-state index contributed by atoms with van der Waals surface area (Å²) in [7, 11) is 3.51. The maximum atomic E-state index is 13.6. The van der Waals surface area contributed by atoms with Crippen LogP contribution in [0.2, 0.25) is 0 Å². The molecule has 2 rings (SSSR count). The highest BCUT2D eigenvalue weighted by atomic mass is 127. The first-order chi connectivity index (χ1) is 12.1. The molecule has 1 aromatic rings. The summed E-state index contributed by atoms with van der Waals surface area (Å²) < 4.78 is 19.2. The predicted octanol–water partition coefficient (Wildman–Crippen LogP) is 3.37. The number of halogens is 3. The van der Waals surface area contributed by atoms with Gasteiger partial charge in [0.25, 0.3) is 0 Å². The fraction of sp³-hybridized carbons (Fsp3) is 0.611. The number of methoxy groups -OCH3 is 1. The molecule has 0 amide bonds. The summed E-state index contributed by atoms with van der Waals surface area (Å²) in [6.45, 7) is 4.65. The molecule has 0 unspecified atom stereocenters. The molecule has 1 aliphatic rings. The SMILES string of the molecule is CN=C(NCc1ccc(Br)c(F)c1)NC1CCN(CCCOC)CC1.I. The zero-order valence-corrected chi connectivity index (χ0v) is 19.3. The van der Waals surface area contributed by atoms with Gasteiger partial charge in [-0.2, -0.15) is 0 Å². The second-order valence-electron chi connectivity index (χ2n) is 6.28. The van der Waals surface area contributed by atoms with Crippen LogP contribution in [0.3, 0.4) is 0 Å². The van der Waals surface area contributed by atoms with Crippen molar-refractivity contribution in [2.24, 2.45) is 4.99 Å². The Hall–Kier alpha value is -0.450. The van der Waals surface area contributed by atoms with Gasteiger partial charge in [-0.05, 0) is 52.9 Å². The Kier molecular flexibility index (Phi) is 11.7. The molecule has 5 nitrogen and oxygen atoms in total. The average molecular weight is 543 g/mol. The van der Waals surface area contributed by atoms with E-state index in [1.165, 1.54) is 6.07 Å². The van der Waals surface area contributed by atoms with Gasteiger partial charge in [0.1, 0.15) is 5.82 Å². The Morgan fingerprint density at radius 3 is 2.73 bits per heavy atom. The summed E-state index contributed by atoms with van der Waals surface area (Å²) in [6.07, 6.45) is 3.28. The molecule has 1 fully saturated rings. The van der Waals surface area contributed by atoms with Crippen molar-refractivity contribution >= 4 is 45.9 Å². The van der Waals surface area contributed by atoms with Crippen LogP contribution in [-0.4, -0.2) is 57.3 Å². The highest BCUT2D eigenvalue weighted by molar-refractivity contribution is 14.0. The van der Waals surface area contributed by atoms with Gasteiger partial charge in [0.2, 0.25) is 0 Å². The Labute approximate surface area is 181 Å². The molecular weight excluding hydrogens is 514 g/mol. The van der Waals surface area contributed by atoms with Crippen molar-refractivity contribution in [1.82, 2.24) is 15.5 Å². The number of aliphatic imine (C=N–C) groups is 1. The molecule has 1 aliphatic heterocycles. The molecule has 148 valence electrons. The third-order valence-electron chi connectivity index (χ3n) is 4.42. The van der Waals surface area contributed by atoms with E-state index in [1.54, 1.807) is 20.2 Å². The second kappa shape index (κ2) is 12.9. The van der Waals surface area contributed by atoms with Gasteiger partial charge < -0.3 is 20.3 Å². The quantitative estimate of drug-likeness (QED) is 0.240. The van der Waals surface area contributed by atoms with Gasteiger partial charge in [0, 0.05) is 53.0 Å². The lowest BCUT2D eigenvalue weighted by Gasteiger charge is -2.33. The standard InChI is InChI=1S/C18H28BrFN4O.HI/c1-21-18(22-13-14-4-5-16(19)17(20)12-14)23-15-6-9-24(10-7-15)8-3-11-25-2;/h4-5,12,15H,3,6-11,13H2,1-2H3,(H2,21,22,23);1H. The zero-order chi connectivity index (χ0) is 18.1. The minimum atomic E-state index is -0.247. The number of guanidine groups is 1. The molecule has 0 aromatic heterocycles. The number of nitrogens with zero attached hydrogens (tertiary/aromatic N) is 2. The van der Waals surface area contributed by atoms with Crippen LogP contribution in [0, 0.1) is 5.82 Å². The van der Waals surface area contributed by atoms with E-state index in [2.05, 4.69) is 36.5 Å². The molecule has 0 aliphatic carbocycles. The molecule has 1 heterocycles. The van der Waals surface area contributed by atoms with Crippen molar-refractivity contribution in [3.8, 4) is 0 Å². The number of likely N-dealkylation sites (tertiary alicyclic amines) is 1. The van der Waals surface area contributed by atoms with Gasteiger partial charge in [-0.25, -0.2) is 4.39 Å². The van der Waals surface area contributed by atoms with Gasteiger partial charge in [-0.1, -0.05) is 6.07 Å². The van der Waals surface area contributed by atoms with E-state index in [9.17, 15) is 4.39 Å². The lowest BCUT2D eigenvalue weighted by Crippen LogP contribution is -2.48. The van der Waals surface area contributed by atoms with Gasteiger partial charge in [0.05, 0.1) is 4.47 Å². The number of nitrogens with one attached hydrogen (secondary N) is 2. The second-order valence-corrected chi connectivity index (χ2v) is 7.14. The first-order valence-electron chi connectivity index (χ1n) is 8.74. The average Bonchev–Trinajstić information content (AvgIpc) is 2.63. The van der Waals surface area contributed by atoms with Crippen molar-refractivity contribution < 1.29 is 9.13 Å². The highest BCUT2D eigenvalue weighted by Gasteiger charge is 2.19. The monoisotopic (exact) mass is 542 g/mol. The molecule has 0 bridgehead atoms. The summed E-state index contributed by atoms with van der Waals surface area (Å²) in [5, 5.41) is 6.73. The number of hydrogen-bond donors (Lipinski definition) is 2. The van der Waals surface area contributed by atoms with Crippen molar-refractivity contribution in [2.75, 3.05) is 40.4 Å². The molecule has 0 atom stereocenters. The van der Waals surface area contributed by atoms with Crippen LogP contribution >= 0.6 is 39.9 Å². The van der Waals surface area contributed by atoms with E-state index in [-0.39, 0.29) is 29.8 Å². The molecule has 2 N–H and O–H groups in total. The maximum absolute atomic E-state index is 13.6. The smallest absolute Gasteiger partial charge is 0.191 e. The van der Waals surface area contributed by atoms with E-state index in [1.807, 2.05) is 6.07 Å². The normalized spacial score (nSPS) is 16.2. The molecule has 0 spiro atoms. The third-order valence-corrected chi connectivity index (χ3v) is 5.06. The van der Waals surface area contributed by atoms with Crippen molar-refractivity contribution in [3.05, 3.63) is 34.1 Å². The predicted molar refractivity (Wildman–Crippen MR) is 119 cm³/mol. The number of rotatable bonds is 7. The first-order valence-corrected chi connectivity index (χ1v) is 9.54. The summed E-state index contributed by atoms with van der Waals surface area (Å²) in [5.74, 6) is 0.518. The molecular formula is C18H29BrFIN4O. The first kappa shape index (κ1) is 23.6. The number of benzene rings is 1. The van der Waals surface area contributed by atoms with E-state index in [4.69, 9.17) is 4.74 Å². The van der Waals surface area contributed by atoms with Gasteiger partial charge in [0.15, 0.2) is 5.96 Å². The molecule has 0 radical (unpaired) electrons. The molecule has 0 saturated carbocycles. The zero-order valence-electron chi connectivity index (χ0n) is 15.4. The molecule has 26 heavy (non-hydrogen) atoms. The van der Waals surface area contributed by atoms with Crippen LogP contribution in [-0.2, 0) is 11.3 Å². The Bertz CT molecular complexity index is 568. The molecule has 8 heteroatoms. The van der Waals surface area contributed by atoms with Gasteiger partial charge in [-0.15, -0.1) is 24.0 Å². The Morgan fingerprint density at radius 2 is 2.12 bits per heavy atom. The molecule has 1 saturated heterocycles. The Balaban J connectivity index is 0.00000338. The van der Waals surface area contributed by atoms with E-state index >= 15 is 0 Å². The fourth-order valence-electron chi connectivity index (χ4n) is 2.96. The third kappa shape index (κ3) is 8.06. The van der Waals surface area contributed by atoms with Gasteiger partial charge >= 0.3 is 0 Å². The lowest BCUT2D eigenvalue weighted by molar-refractivity contribution is 0.155. The van der Waals surface area contributed by atoms with Crippen molar-refractivity contribution in [2.45, 2.75) is 31.8 Å². The maximum Gasteiger partial charge on any atom is 0.191 e. The van der Waals surface area contributed by atoms with Gasteiger partial charge in [-0.3, -0.25) is 4.99 Å². The van der Waals surface area contributed by atoms with Crippen LogP contribution in [0.4, 0.5) is 4.39 Å². The van der Waals surface area contributed by atoms with Crippen LogP contribution < -0.4 is 10.6 Å². The van der Waals surface area contributed by atoms with E-state index < -0.39 is 0 Å². The number of hydrogen-bond acceptors (Lipinski definition) is 3. The lowest BCUT2D eigenvalue weighted by atomic mass is 10.1. The minimum Gasteiger partial charge on any atom is -0.385 e. The summed E-state index contributed by atoms with van der Waals surface area (Å²) >= 11 is 3.17. The van der Waals surface area contributed by atoms with Crippen LogP contribution in [0.25, 0.3) is 0 Å². The summed E-state index contributed by atoms with van der Waals surface area (Å²) in [6, 6.07) is 5.57. The van der Waals surface area contributed by atoms with E-state index in [0.29, 0.717) is 17.1 Å². The summed E-state index contributed by atoms with van der Waals surface area (Å²) in [4.78, 5) is 6.76. The van der Waals surface area contributed by atoms with E-state index in [0.717, 1.165) is 57.0 Å². The number of ether oxygens (including phenoxy) is 1. The van der Waals surface area contributed by atoms with Crippen LogP contribution in [0.15, 0.2) is 27.7 Å². The van der Waals surface area contributed by atoms with Crippen molar-refractivity contribution in [3.63, 3.8) is 0 Å². The minimum absolute atomic E-state index is 0. The number of piperidine rings is 1. The van der Waals surface area contributed by atoms with Crippen LogP contribution in [0.1, 0.15) is 24.8 Å². The van der Waals surface area contributed by atoms with Crippen molar-refractivity contribution in [1.29, 1.82) is 0 Å². The topological polar surface area (TPSA) is 48.9 Å².